The molecule has 3 aromatic carbocycles. The quantitative estimate of drug-likeness (QED) is 0.154. The molecule has 0 amide bonds. The Bertz CT molecular complexity index is 1220. The van der Waals surface area contributed by atoms with Crippen molar-refractivity contribution in [1.82, 2.24) is 0 Å². The van der Waals surface area contributed by atoms with Gasteiger partial charge in [-0.15, -0.1) is 5.92 Å². The fourth-order valence-corrected chi connectivity index (χ4v) is 6.34. The van der Waals surface area contributed by atoms with Crippen LogP contribution >= 0.6 is 0 Å². The largest absolute Gasteiger partial charge is 0.482 e. The summed E-state index contributed by atoms with van der Waals surface area (Å²) in [5.41, 5.74) is -0.756. The van der Waals surface area contributed by atoms with Crippen LogP contribution in [0.15, 0.2) is 75.4 Å². The predicted octanol–water partition coefficient (Wildman–Crippen LogP) is 6.60. The normalized spacial score (nSPS) is 14.3. The SMILES string of the molecule is CC#CC1(OC(=O)COc2ccc([S+](c3cc(F)cc(F)c3)c3cc(F)cc(F)c3)cc2)CCCC1. The first-order valence-corrected chi connectivity index (χ1v) is 12.5. The lowest BCUT2D eigenvalue weighted by atomic mass is 10.0. The van der Waals surface area contributed by atoms with Crippen LogP contribution in [0.5, 0.6) is 5.75 Å². The van der Waals surface area contributed by atoms with Crippen LogP contribution < -0.4 is 4.74 Å². The smallest absolute Gasteiger partial charge is 0.345 e. The molecule has 4 rings (SSSR count). The average Bonchev–Trinajstić information content (AvgIpc) is 3.25. The van der Waals surface area contributed by atoms with Gasteiger partial charge in [0.1, 0.15) is 29.0 Å². The maximum absolute atomic E-state index is 14.0. The summed E-state index contributed by atoms with van der Waals surface area (Å²) in [5.74, 6) is 2.45. The van der Waals surface area contributed by atoms with E-state index < -0.39 is 45.7 Å². The Balaban J connectivity index is 1.54. The Morgan fingerprint density at radius 1 is 0.833 bits per heavy atom. The molecule has 0 aliphatic heterocycles. The van der Waals surface area contributed by atoms with Crippen molar-refractivity contribution in [3.8, 4) is 17.6 Å². The lowest BCUT2D eigenvalue weighted by molar-refractivity contribution is -0.156. The molecule has 1 saturated carbocycles. The lowest BCUT2D eigenvalue weighted by Gasteiger charge is -2.23. The molecule has 0 aromatic heterocycles. The topological polar surface area (TPSA) is 35.5 Å². The Morgan fingerprint density at radius 2 is 1.33 bits per heavy atom. The summed E-state index contributed by atoms with van der Waals surface area (Å²) in [7, 11) is -1.21. The highest BCUT2D eigenvalue weighted by atomic mass is 32.2. The summed E-state index contributed by atoms with van der Waals surface area (Å²) in [6, 6.07) is 12.4. The molecule has 0 bridgehead atoms. The van der Waals surface area contributed by atoms with Crippen LogP contribution in [0.2, 0.25) is 0 Å². The van der Waals surface area contributed by atoms with Crippen molar-refractivity contribution >= 4 is 16.9 Å². The lowest BCUT2D eigenvalue weighted by Crippen LogP contribution is -2.32. The molecular weight excluding hydrogens is 492 g/mol. The first-order valence-electron chi connectivity index (χ1n) is 11.3. The number of halogens is 4. The van der Waals surface area contributed by atoms with E-state index in [1.807, 2.05) is 0 Å². The fraction of sp³-hybridized carbons (Fsp3) is 0.250. The summed E-state index contributed by atoms with van der Waals surface area (Å²) < 4.78 is 67.1. The molecule has 0 saturated heterocycles. The first kappa shape index (κ1) is 25.6. The second-order valence-corrected chi connectivity index (χ2v) is 10.4. The molecule has 0 N–H and O–H groups in total. The zero-order valence-electron chi connectivity index (χ0n) is 19.5. The van der Waals surface area contributed by atoms with E-state index in [0.29, 0.717) is 23.5 Å². The minimum absolute atomic E-state index is 0.216. The molecule has 3 nitrogen and oxygen atoms in total. The van der Waals surface area contributed by atoms with Crippen LogP contribution in [0, 0.1) is 35.1 Å². The van der Waals surface area contributed by atoms with Gasteiger partial charge >= 0.3 is 5.97 Å². The van der Waals surface area contributed by atoms with Crippen LogP contribution in [0.25, 0.3) is 0 Å². The van der Waals surface area contributed by atoms with E-state index in [1.165, 1.54) is 0 Å². The minimum Gasteiger partial charge on any atom is -0.482 e. The second-order valence-electron chi connectivity index (χ2n) is 8.33. The molecule has 0 heterocycles. The van der Waals surface area contributed by atoms with Crippen molar-refractivity contribution in [1.29, 1.82) is 0 Å². The van der Waals surface area contributed by atoms with E-state index in [2.05, 4.69) is 11.8 Å². The number of hydrogen-bond acceptors (Lipinski definition) is 3. The number of ether oxygens (including phenoxy) is 2. The van der Waals surface area contributed by atoms with Crippen LogP contribution in [-0.4, -0.2) is 18.2 Å². The van der Waals surface area contributed by atoms with Crippen molar-refractivity contribution in [2.24, 2.45) is 0 Å². The average molecular weight is 516 g/mol. The number of carbonyl (C=O) groups is 1. The Kier molecular flexibility index (Phi) is 7.90. The van der Waals surface area contributed by atoms with Crippen molar-refractivity contribution in [3.05, 3.63) is 83.9 Å². The molecule has 1 fully saturated rings. The van der Waals surface area contributed by atoms with Gasteiger partial charge in [-0.05, 0) is 56.9 Å². The van der Waals surface area contributed by atoms with E-state index in [0.717, 1.165) is 49.2 Å². The summed E-state index contributed by atoms with van der Waals surface area (Å²) in [6.45, 7) is 1.39. The maximum atomic E-state index is 14.0. The Morgan fingerprint density at radius 3 is 1.81 bits per heavy atom. The number of hydrogen-bond donors (Lipinski definition) is 0. The van der Waals surface area contributed by atoms with Gasteiger partial charge in [0.2, 0.25) is 0 Å². The van der Waals surface area contributed by atoms with Crippen molar-refractivity contribution < 1.29 is 31.8 Å². The van der Waals surface area contributed by atoms with Crippen LogP contribution in [0.4, 0.5) is 17.6 Å². The molecule has 8 heteroatoms. The summed E-state index contributed by atoms with van der Waals surface area (Å²) in [4.78, 5) is 13.3. The van der Waals surface area contributed by atoms with Crippen molar-refractivity contribution in [2.45, 2.75) is 52.9 Å². The van der Waals surface area contributed by atoms with Gasteiger partial charge in [0, 0.05) is 36.4 Å². The monoisotopic (exact) mass is 515 g/mol. The van der Waals surface area contributed by atoms with E-state index in [9.17, 15) is 22.4 Å². The van der Waals surface area contributed by atoms with Gasteiger partial charge in [0.15, 0.2) is 26.9 Å². The number of carbonyl (C=O) groups excluding carboxylic acids is 1. The van der Waals surface area contributed by atoms with Crippen molar-refractivity contribution in [3.63, 3.8) is 0 Å². The van der Waals surface area contributed by atoms with E-state index in [1.54, 1.807) is 31.2 Å². The Hall–Kier alpha value is -3.44. The predicted molar refractivity (Wildman–Crippen MR) is 128 cm³/mol. The molecule has 1 aliphatic carbocycles. The molecule has 0 radical (unpaired) electrons. The van der Waals surface area contributed by atoms with Crippen LogP contribution in [0.1, 0.15) is 32.6 Å². The number of esters is 1. The minimum atomic E-state index is -1.21. The standard InChI is InChI=1S/C28H23F4O3S/c1-2-9-28(10-3-4-11-28)35-27(33)18-34-23-5-7-24(8-6-23)36(25-14-19(29)12-20(30)15-25)26-16-21(31)13-22(32)17-26/h5-8,12-17H,3-4,10-11,18H2,1H3/q+1. The van der Waals surface area contributed by atoms with Gasteiger partial charge < -0.3 is 9.47 Å². The summed E-state index contributed by atoms with van der Waals surface area (Å²) in [6.07, 6.45) is 3.27. The van der Waals surface area contributed by atoms with Gasteiger partial charge in [0.25, 0.3) is 0 Å². The highest BCUT2D eigenvalue weighted by Gasteiger charge is 2.36. The van der Waals surface area contributed by atoms with Crippen molar-refractivity contribution in [2.75, 3.05) is 6.61 Å². The second kappa shape index (κ2) is 11.1. The van der Waals surface area contributed by atoms with Gasteiger partial charge in [-0.1, -0.05) is 5.92 Å². The molecule has 0 atom stereocenters. The number of rotatable bonds is 7. The van der Waals surface area contributed by atoms with Gasteiger partial charge in [-0.3, -0.25) is 0 Å². The molecular formula is C28H23F4O3S+. The van der Waals surface area contributed by atoms with Gasteiger partial charge in [0.05, 0.1) is 10.9 Å². The number of benzene rings is 3. The van der Waals surface area contributed by atoms with Crippen LogP contribution in [0.3, 0.4) is 0 Å². The summed E-state index contributed by atoms with van der Waals surface area (Å²) >= 11 is 0. The molecule has 0 unspecified atom stereocenters. The highest BCUT2D eigenvalue weighted by Crippen LogP contribution is 2.35. The van der Waals surface area contributed by atoms with Crippen LogP contribution in [-0.2, 0) is 20.4 Å². The van der Waals surface area contributed by atoms with E-state index in [-0.39, 0.29) is 16.4 Å². The molecule has 3 aromatic rings. The Labute approximate surface area is 209 Å². The van der Waals surface area contributed by atoms with E-state index in [4.69, 9.17) is 9.47 Å². The first-order chi connectivity index (χ1) is 17.3. The highest BCUT2D eigenvalue weighted by molar-refractivity contribution is 7.97. The maximum Gasteiger partial charge on any atom is 0.345 e. The third kappa shape index (κ3) is 6.21. The van der Waals surface area contributed by atoms with E-state index >= 15 is 0 Å². The third-order valence-electron chi connectivity index (χ3n) is 5.63. The summed E-state index contributed by atoms with van der Waals surface area (Å²) in [5, 5.41) is 0. The molecule has 186 valence electrons. The zero-order valence-corrected chi connectivity index (χ0v) is 20.3. The third-order valence-corrected chi connectivity index (χ3v) is 7.79. The van der Waals surface area contributed by atoms with Gasteiger partial charge in [-0.2, -0.15) is 0 Å². The fourth-order valence-electron chi connectivity index (χ4n) is 4.19. The molecule has 0 spiro atoms. The molecule has 1 aliphatic rings. The zero-order chi connectivity index (χ0) is 25.7. The molecule has 36 heavy (non-hydrogen) atoms. The van der Waals surface area contributed by atoms with Gasteiger partial charge in [-0.25, -0.2) is 22.4 Å².